The number of hydrogen-bond donors (Lipinski definition) is 2. The highest BCUT2D eigenvalue weighted by atomic mass is 32.1. The molecule has 0 aliphatic heterocycles. The Morgan fingerprint density at radius 3 is 2.52 bits per heavy atom. The highest BCUT2D eigenvalue weighted by Gasteiger charge is 2.15. The topological polar surface area (TPSA) is 84.0 Å². The molecule has 0 unspecified atom stereocenters. The Hall–Kier alpha value is -2.28. The number of aromatic nitrogens is 2. The van der Waals surface area contributed by atoms with E-state index in [-0.39, 0.29) is 11.8 Å². The van der Waals surface area contributed by atoms with Crippen LogP contribution in [0.3, 0.4) is 0 Å². The number of carbonyl (C=O) groups is 2. The number of carbonyl (C=O) groups excluding carboxylic acids is 2. The van der Waals surface area contributed by atoms with E-state index in [1.807, 2.05) is 19.1 Å². The molecule has 0 radical (unpaired) electrons. The van der Waals surface area contributed by atoms with Gasteiger partial charge < -0.3 is 10.6 Å². The number of aryl methyl sites for hydroxylation is 1. The molecule has 2 N–H and O–H groups in total. The van der Waals surface area contributed by atoms with Crippen molar-refractivity contribution in [2.45, 2.75) is 13.8 Å². The fourth-order valence-corrected chi connectivity index (χ4v) is 2.71. The summed E-state index contributed by atoms with van der Waals surface area (Å²) in [6.45, 7) is 4.05. The highest BCUT2D eigenvalue weighted by Crippen LogP contribution is 2.27. The normalized spacial score (nSPS) is 10.2. The SMILES string of the molecule is CC(=O)NCCNC(=O)c1sc(-c2ccncc2)nc1C. The largest absolute Gasteiger partial charge is 0.355 e. The van der Waals surface area contributed by atoms with E-state index in [9.17, 15) is 9.59 Å². The summed E-state index contributed by atoms with van der Waals surface area (Å²) in [6.07, 6.45) is 3.39. The minimum Gasteiger partial charge on any atom is -0.355 e. The van der Waals surface area contributed by atoms with Gasteiger partial charge in [-0.1, -0.05) is 0 Å². The summed E-state index contributed by atoms with van der Waals surface area (Å²) in [5.74, 6) is -0.283. The molecule has 21 heavy (non-hydrogen) atoms. The first kappa shape index (κ1) is 15.1. The van der Waals surface area contributed by atoms with Crippen LogP contribution in [-0.4, -0.2) is 34.9 Å². The Bertz CT molecular complexity index is 640. The van der Waals surface area contributed by atoms with Gasteiger partial charge in [-0.15, -0.1) is 11.3 Å². The standard InChI is InChI=1S/C14H16N4O2S/c1-9-12(13(20)17-8-7-16-10(2)19)21-14(18-9)11-3-5-15-6-4-11/h3-6H,7-8H2,1-2H3,(H,16,19)(H,17,20). The third-order valence-electron chi connectivity index (χ3n) is 2.71. The fourth-order valence-electron chi connectivity index (χ4n) is 1.72. The van der Waals surface area contributed by atoms with Crippen LogP contribution in [0.2, 0.25) is 0 Å². The molecule has 0 fully saturated rings. The van der Waals surface area contributed by atoms with Crippen LogP contribution in [0.25, 0.3) is 10.6 Å². The molecule has 7 heteroatoms. The smallest absolute Gasteiger partial charge is 0.263 e. The monoisotopic (exact) mass is 304 g/mol. The lowest BCUT2D eigenvalue weighted by molar-refractivity contribution is -0.118. The quantitative estimate of drug-likeness (QED) is 0.817. The highest BCUT2D eigenvalue weighted by molar-refractivity contribution is 7.17. The molecule has 0 aliphatic rings. The van der Waals surface area contributed by atoms with Crippen LogP contribution in [0.5, 0.6) is 0 Å². The van der Waals surface area contributed by atoms with Crippen molar-refractivity contribution >= 4 is 23.2 Å². The second-order valence-electron chi connectivity index (χ2n) is 4.41. The van der Waals surface area contributed by atoms with Crippen LogP contribution in [-0.2, 0) is 4.79 Å². The van der Waals surface area contributed by atoms with Gasteiger partial charge in [0.1, 0.15) is 9.88 Å². The maximum absolute atomic E-state index is 12.1. The van der Waals surface area contributed by atoms with E-state index >= 15 is 0 Å². The van der Waals surface area contributed by atoms with Gasteiger partial charge in [-0.3, -0.25) is 14.6 Å². The molecule has 0 aromatic carbocycles. The second-order valence-corrected chi connectivity index (χ2v) is 5.41. The Labute approximate surface area is 126 Å². The minimum atomic E-state index is -0.171. The molecule has 6 nitrogen and oxygen atoms in total. The van der Waals surface area contributed by atoms with Crippen molar-refractivity contribution in [3.05, 3.63) is 35.1 Å². The van der Waals surface area contributed by atoms with Crippen molar-refractivity contribution in [1.29, 1.82) is 0 Å². The van der Waals surface area contributed by atoms with Gasteiger partial charge in [0, 0.05) is 38.0 Å². The number of amides is 2. The fraction of sp³-hybridized carbons (Fsp3) is 0.286. The predicted octanol–water partition coefficient (Wildman–Crippen LogP) is 1.38. The first-order valence-electron chi connectivity index (χ1n) is 6.48. The second kappa shape index (κ2) is 6.94. The molecule has 110 valence electrons. The maximum atomic E-state index is 12.1. The lowest BCUT2D eigenvalue weighted by Gasteiger charge is -2.04. The van der Waals surface area contributed by atoms with Crippen LogP contribution in [0.1, 0.15) is 22.3 Å². The number of rotatable bonds is 5. The van der Waals surface area contributed by atoms with Gasteiger partial charge in [0.15, 0.2) is 0 Å². The number of pyridine rings is 1. The third-order valence-corrected chi connectivity index (χ3v) is 3.92. The summed E-state index contributed by atoms with van der Waals surface area (Å²) >= 11 is 1.35. The van der Waals surface area contributed by atoms with Crippen molar-refractivity contribution < 1.29 is 9.59 Å². The van der Waals surface area contributed by atoms with E-state index in [1.165, 1.54) is 18.3 Å². The van der Waals surface area contributed by atoms with Gasteiger partial charge in [-0.25, -0.2) is 4.98 Å². The van der Waals surface area contributed by atoms with E-state index in [2.05, 4.69) is 20.6 Å². The Kier molecular flexibility index (Phi) is 4.99. The van der Waals surface area contributed by atoms with Crippen LogP contribution in [0, 0.1) is 6.92 Å². The molecule has 2 amide bonds. The number of nitrogens with one attached hydrogen (secondary N) is 2. The molecule has 0 spiro atoms. The zero-order chi connectivity index (χ0) is 15.2. The van der Waals surface area contributed by atoms with Crippen molar-refractivity contribution in [3.63, 3.8) is 0 Å². The molecule has 0 saturated carbocycles. The van der Waals surface area contributed by atoms with Gasteiger partial charge in [0.25, 0.3) is 5.91 Å². The molecule has 0 bridgehead atoms. The number of hydrogen-bond acceptors (Lipinski definition) is 5. The Morgan fingerprint density at radius 1 is 1.19 bits per heavy atom. The summed E-state index contributed by atoms with van der Waals surface area (Å²) in [7, 11) is 0. The molecule has 2 aromatic heterocycles. The average molecular weight is 304 g/mol. The Morgan fingerprint density at radius 2 is 1.86 bits per heavy atom. The summed E-state index contributed by atoms with van der Waals surface area (Å²) in [5, 5.41) is 6.18. The van der Waals surface area contributed by atoms with E-state index in [0.717, 1.165) is 10.6 Å². The number of nitrogens with zero attached hydrogens (tertiary/aromatic N) is 2. The zero-order valence-corrected chi connectivity index (χ0v) is 12.7. The molecule has 2 aromatic rings. The van der Waals surface area contributed by atoms with Gasteiger partial charge in [-0.2, -0.15) is 0 Å². The molecule has 0 aliphatic carbocycles. The Balaban J connectivity index is 2.02. The lowest BCUT2D eigenvalue weighted by atomic mass is 10.3. The van der Waals surface area contributed by atoms with Gasteiger partial charge in [0.2, 0.25) is 5.91 Å². The van der Waals surface area contributed by atoms with Gasteiger partial charge >= 0.3 is 0 Å². The van der Waals surface area contributed by atoms with Crippen molar-refractivity contribution in [2.75, 3.05) is 13.1 Å². The molecular weight excluding hydrogens is 288 g/mol. The molecular formula is C14H16N4O2S. The first-order chi connectivity index (χ1) is 10.1. The van der Waals surface area contributed by atoms with E-state index in [1.54, 1.807) is 12.4 Å². The molecule has 0 saturated heterocycles. The predicted molar refractivity (Wildman–Crippen MR) is 81.1 cm³/mol. The van der Waals surface area contributed by atoms with E-state index in [4.69, 9.17) is 0 Å². The summed E-state index contributed by atoms with van der Waals surface area (Å²) < 4.78 is 0. The van der Waals surface area contributed by atoms with Crippen molar-refractivity contribution in [3.8, 4) is 10.6 Å². The third kappa shape index (κ3) is 4.09. The first-order valence-corrected chi connectivity index (χ1v) is 7.30. The van der Waals surface area contributed by atoms with Crippen molar-refractivity contribution in [2.24, 2.45) is 0 Å². The summed E-state index contributed by atoms with van der Waals surface area (Å²) in [4.78, 5) is 31.8. The maximum Gasteiger partial charge on any atom is 0.263 e. The van der Waals surface area contributed by atoms with E-state index < -0.39 is 0 Å². The van der Waals surface area contributed by atoms with Crippen molar-refractivity contribution in [1.82, 2.24) is 20.6 Å². The van der Waals surface area contributed by atoms with Gasteiger partial charge in [0.05, 0.1) is 5.69 Å². The molecule has 2 rings (SSSR count). The van der Waals surface area contributed by atoms with Crippen LogP contribution >= 0.6 is 11.3 Å². The lowest BCUT2D eigenvalue weighted by Crippen LogP contribution is -2.33. The van der Waals surface area contributed by atoms with Gasteiger partial charge in [-0.05, 0) is 19.1 Å². The molecule has 2 heterocycles. The summed E-state index contributed by atoms with van der Waals surface area (Å²) in [6, 6.07) is 3.72. The average Bonchev–Trinajstić information content (AvgIpc) is 2.86. The minimum absolute atomic E-state index is 0.113. The zero-order valence-electron chi connectivity index (χ0n) is 11.8. The molecule has 0 atom stereocenters. The van der Waals surface area contributed by atoms with Crippen LogP contribution in [0.4, 0.5) is 0 Å². The van der Waals surface area contributed by atoms with Crippen LogP contribution in [0.15, 0.2) is 24.5 Å². The summed E-state index contributed by atoms with van der Waals surface area (Å²) in [5.41, 5.74) is 1.64. The number of thiazole rings is 1. The van der Waals surface area contributed by atoms with Crippen LogP contribution < -0.4 is 10.6 Å². The van der Waals surface area contributed by atoms with E-state index in [0.29, 0.717) is 23.7 Å².